The molecule has 2 aliphatic rings. The number of nitrogens with zero attached hydrogens (tertiary/aromatic N) is 2. The standard InChI is InChI=1S/C20H25N3O3/c24-17-4-1-3-16(8-17)21-9-18(25)13-22-10-14-7-15(12-22)19-5-2-6-20(26)23(19)11-14/h1-6,8,14-15,18,21,24-25H,7,9-13H2/t14?,15-,18?/m0/s1. The Morgan fingerprint density at radius 2 is 2.00 bits per heavy atom. The fourth-order valence-corrected chi connectivity index (χ4v) is 4.36. The molecule has 138 valence electrons. The van der Waals surface area contributed by atoms with Crippen molar-refractivity contribution < 1.29 is 10.2 Å². The minimum Gasteiger partial charge on any atom is -0.508 e. The average Bonchev–Trinajstić information content (AvgIpc) is 2.61. The molecule has 2 bridgehead atoms. The van der Waals surface area contributed by atoms with E-state index in [9.17, 15) is 15.0 Å². The van der Waals surface area contributed by atoms with Gasteiger partial charge in [-0.05, 0) is 30.5 Å². The Balaban J connectivity index is 1.36. The first-order valence-electron chi connectivity index (χ1n) is 9.21. The van der Waals surface area contributed by atoms with E-state index in [1.165, 1.54) is 0 Å². The van der Waals surface area contributed by atoms with Crippen LogP contribution in [-0.2, 0) is 6.54 Å². The third-order valence-electron chi connectivity index (χ3n) is 5.41. The van der Waals surface area contributed by atoms with E-state index in [-0.39, 0.29) is 11.3 Å². The van der Waals surface area contributed by atoms with Crippen molar-refractivity contribution >= 4 is 5.69 Å². The minimum absolute atomic E-state index is 0.0981. The largest absolute Gasteiger partial charge is 0.508 e. The maximum absolute atomic E-state index is 12.1. The zero-order valence-corrected chi connectivity index (χ0v) is 14.7. The molecule has 3 N–H and O–H groups in total. The first kappa shape index (κ1) is 17.1. The summed E-state index contributed by atoms with van der Waals surface area (Å²) >= 11 is 0. The molecule has 3 heterocycles. The van der Waals surface area contributed by atoms with Gasteiger partial charge in [0.25, 0.3) is 5.56 Å². The summed E-state index contributed by atoms with van der Waals surface area (Å²) in [7, 11) is 0. The predicted molar refractivity (Wildman–Crippen MR) is 101 cm³/mol. The van der Waals surface area contributed by atoms with Crippen LogP contribution in [0.15, 0.2) is 47.3 Å². The number of aliphatic hydroxyl groups is 1. The lowest BCUT2D eigenvalue weighted by molar-refractivity contribution is 0.0676. The number of phenolic OH excluding ortho intramolecular Hbond substituents is 1. The highest BCUT2D eigenvalue weighted by Crippen LogP contribution is 2.34. The summed E-state index contributed by atoms with van der Waals surface area (Å²) in [6, 6.07) is 12.5. The first-order valence-corrected chi connectivity index (χ1v) is 9.21. The Morgan fingerprint density at radius 3 is 2.85 bits per heavy atom. The zero-order chi connectivity index (χ0) is 18.1. The van der Waals surface area contributed by atoms with Crippen molar-refractivity contribution in [2.24, 2.45) is 5.92 Å². The molecular formula is C20H25N3O3. The van der Waals surface area contributed by atoms with Crippen molar-refractivity contribution in [2.75, 3.05) is 31.5 Å². The second-order valence-corrected chi connectivity index (χ2v) is 7.50. The second kappa shape index (κ2) is 7.13. The lowest BCUT2D eigenvalue weighted by atomic mass is 9.83. The summed E-state index contributed by atoms with van der Waals surface area (Å²) in [5, 5.41) is 23.1. The number of aromatic nitrogens is 1. The van der Waals surface area contributed by atoms with Crippen LogP contribution in [0.1, 0.15) is 18.0 Å². The number of aromatic hydroxyl groups is 1. The number of β-amino-alcohol motifs (C(OH)–C–C–N with tert-alkyl or cyclic N) is 1. The molecule has 0 aliphatic carbocycles. The van der Waals surface area contributed by atoms with Crippen LogP contribution in [0.4, 0.5) is 5.69 Å². The highest BCUT2D eigenvalue weighted by molar-refractivity contribution is 5.47. The average molecular weight is 355 g/mol. The molecule has 4 rings (SSSR count). The van der Waals surface area contributed by atoms with Crippen LogP contribution in [0.25, 0.3) is 0 Å². The Kier molecular flexibility index (Phi) is 4.70. The Hall–Kier alpha value is -2.31. The van der Waals surface area contributed by atoms with E-state index < -0.39 is 6.10 Å². The Bertz CT molecular complexity index is 835. The van der Waals surface area contributed by atoms with Gasteiger partial charge in [0.1, 0.15) is 5.75 Å². The second-order valence-electron chi connectivity index (χ2n) is 7.50. The maximum atomic E-state index is 12.1. The fraction of sp³-hybridized carbons (Fsp3) is 0.450. The number of pyridine rings is 1. The summed E-state index contributed by atoms with van der Waals surface area (Å²) in [5.74, 6) is 1.04. The van der Waals surface area contributed by atoms with Crippen molar-refractivity contribution in [3.63, 3.8) is 0 Å². The van der Waals surface area contributed by atoms with Crippen molar-refractivity contribution in [1.29, 1.82) is 0 Å². The van der Waals surface area contributed by atoms with E-state index in [1.807, 2.05) is 16.7 Å². The van der Waals surface area contributed by atoms with Crippen LogP contribution >= 0.6 is 0 Å². The highest BCUT2D eigenvalue weighted by atomic mass is 16.3. The quantitative estimate of drug-likeness (QED) is 0.757. The molecule has 2 aliphatic heterocycles. The van der Waals surface area contributed by atoms with Crippen LogP contribution in [0.3, 0.4) is 0 Å². The van der Waals surface area contributed by atoms with E-state index in [0.29, 0.717) is 24.9 Å². The van der Waals surface area contributed by atoms with Gasteiger partial charge >= 0.3 is 0 Å². The van der Waals surface area contributed by atoms with Gasteiger partial charge in [0, 0.05) is 62.2 Å². The van der Waals surface area contributed by atoms with Crippen LogP contribution in [-0.4, -0.2) is 52.0 Å². The Labute approximate surface area is 152 Å². The monoisotopic (exact) mass is 355 g/mol. The summed E-state index contributed by atoms with van der Waals surface area (Å²) in [6.07, 6.45) is 0.631. The van der Waals surface area contributed by atoms with Gasteiger partial charge in [0.2, 0.25) is 0 Å². The molecular weight excluding hydrogens is 330 g/mol. The number of rotatable bonds is 5. The third kappa shape index (κ3) is 3.61. The van der Waals surface area contributed by atoms with Gasteiger partial charge in [-0.25, -0.2) is 0 Å². The number of hydrogen-bond acceptors (Lipinski definition) is 5. The molecule has 1 aromatic carbocycles. The molecule has 0 saturated carbocycles. The van der Waals surface area contributed by atoms with Crippen molar-refractivity contribution in [3.8, 4) is 5.75 Å². The molecule has 1 saturated heterocycles. The van der Waals surface area contributed by atoms with Crippen molar-refractivity contribution in [3.05, 3.63) is 58.5 Å². The Morgan fingerprint density at radius 1 is 1.15 bits per heavy atom. The lowest BCUT2D eigenvalue weighted by Gasteiger charge is -2.43. The summed E-state index contributed by atoms with van der Waals surface area (Å²) in [5.41, 5.74) is 2.03. The van der Waals surface area contributed by atoms with Crippen LogP contribution in [0.2, 0.25) is 0 Å². The van der Waals surface area contributed by atoms with Gasteiger partial charge in [-0.2, -0.15) is 0 Å². The van der Waals surface area contributed by atoms with Gasteiger partial charge in [-0.1, -0.05) is 12.1 Å². The molecule has 0 spiro atoms. The smallest absolute Gasteiger partial charge is 0.250 e. The number of benzene rings is 1. The zero-order valence-electron chi connectivity index (χ0n) is 14.7. The fourth-order valence-electron chi connectivity index (χ4n) is 4.36. The number of likely N-dealkylation sites (tertiary alicyclic amines) is 1. The number of piperidine rings is 1. The van der Waals surface area contributed by atoms with Gasteiger partial charge in [0.15, 0.2) is 0 Å². The highest BCUT2D eigenvalue weighted by Gasteiger charge is 2.34. The predicted octanol–water partition coefficient (Wildman–Crippen LogP) is 1.45. The van der Waals surface area contributed by atoms with E-state index in [2.05, 4.69) is 16.3 Å². The van der Waals surface area contributed by atoms with Gasteiger partial charge in [0.05, 0.1) is 6.10 Å². The molecule has 0 amide bonds. The van der Waals surface area contributed by atoms with Crippen LogP contribution in [0, 0.1) is 5.92 Å². The molecule has 0 radical (unpaired) electrons. The number of anilines is 1. The number of fused-ring (bicyclic) bond motifs is 4. The molecule has 2 unspecified atom stereocenters. The van der Waals surface area contributed by atoms with Gasteiger partial charge < -0.3 is 20.1 Å². The molecule has 1 fully saturated rings. The number of hydrogen-bond donors (Lipinski definition) is 3. The first-order chi connectivity index (χ1) is 12.6. The van der Waals surface area contributed by atoms with Crippen LogP contribution in [0.5, 0.6) is 5.75 Å². The van der Waals surface area contributed by atoms with E-state index in [4.69, 9.17) is 0 Å². The molecule has 1 aromatic heterocycles. The van der Waals surface area contributed by atoms with Gasteiger partial charge in [-0.3, -0.25) is 9.69 Å². The van der Waals surface area contributed by atoms with Crippen molar-refractivity contribution in [2.45, 2.75) is 25.0 Å². The third-order valence-corrected chi connectivity index (χ3v) is 5.41. The van der Waals surface area contributed by atoms with E-state index >= 15 is 0 Å². The van der Waals surface area contributed by atoms with E-state index in [0.717, 1.165) is 37.4 Å². The van der Waals surface area contributed by atoms with Gasteiger partial charge in [-0.15, -0.1) is 0 Å². The van der Waals surface area contributed by atoms with E-state index in [1.54, 1.807) is 24.3 Å². The molecule has 26 heavy (non-hydrogen) atoms. The normalized spacial score (nSPS) is 23.3. The molecule has 6 heteroatoms. The summed E-state index contributed by atoms with van der Waals surface area (Å²) in [4.78, 5) is 14.4. The number of aliphatic hydroxyl groups excluding tert-OH is 1. The van der Waals surface area contributed by atoms with Crippen LogP contribution < -0.4 is 10.9 Å². The maximum Gasteiger partial charge on any atom is 0.250 e. The molecule has 6 nitrogen and oxygen atoms in total. The molecule has 2 aromatic rings. The van der Waals surface area contributed by atoms with Crippen molar-refractivity contribution in [1.82, 2.24) is 9.47 Å². The topological polar surface area (TPSA) is 77.7 Å². The minimum atomic E-state index is -0.492. The lowest BCUT2D eigenvalue weighted by Crippen LogP contribution is -2.49. The molecule has 3 atom stereocenters. The SMILES string of the molecule is O=c1cccc2n1CC1C[C@H]2CN(CC(O)CNc2cccc(O)c2)C1. The number of phenols is 1. The summed E-state index contributed by atoms with van der Waals surface area (Å²) in [6.45, 7) is 3.62. The number of nitrogens with one attached hydrogen (secondary N) is 1. The summed E-state index contributed by atoms with van der Waals surface area (Å²) < 4.78 is 1.93.